The van der Waals surface area contributed by atoms with Crippen LogP contribution in [0.3, 0.4) is 0 Å². The number of nitrogens with zero attached hydrogens (tertiary/aromatic N) is 1. The third kappa shape index (κ3) is 4.06. The van der Waals surface area contributed by atoms with Gasteiger partial charge in [-0.1, -0.05) is 34.6 Å². The van der Waals surface area contributed by atoms with Crippen LogP contribution in [-0.2, 0) is 0 Å². The second-order valence-electron chi connectivity index (χ2n) is 6.82. The molecule has 0 aromatic rings. The van der Waals surface area contributed by atoms with Crippen LogP contribution in [0.2, 0.25) is 0 Å². The summed E-state index contributed by atoms with van der Waals surface area (Å²) >= 11 is 0. The molecule has 0 aliphatic carbocycles. The lowest BCUT2D eigenvalue weighted by atomic mass is 9.86. The Morgan fingerprint density at radius 3 is 2.38 bits per heavy atom. The largest absolute Gasteiger partial charge is 0.311 e. The standard InChI is InChI=1S/C14H30N2/c1-11(2)9-13-10-16(8-7-15-13)12(3)14(4,5)6/h11-13,15H,7-10H2,1-6H3. The maximum atomic E-state index is 3.65. The molecule has 1 aliphatic rings. The highest BCUT2D eigenvalue weighted by atomic mass is 15.2. The van der Waals surface area contributed by atoms with E-state index in [1.54, 1.807) is 0 Å². The van der Waals surface area contributed by atoms with E-state index in [0.717, 1.165) is 12.5 Å². The van der Waals surface area contributed by atoms with Gasteiger partial charge in [0.15, 0.2) is 0 Å². The van der Waals surface area contributed by atoms with Gasteiger partial charge >= 0.3 is 0 Å². The molecule has 2 nitrogen and oxygen atoms in total. The summed E-state index contributed by atoms with van der Waals surface area (Å²) in [7, 11) is 0. The van der Waals surface area contributed by atoms with Crippen LogP contribution in [0.4, 0.5) is 0 Å². The minimum Gasteiger partial charge on any atom is -0.311 e. The van der Waals surface area contributed by atoms with E-state index in [9.17, 15) is 0 Å². The first-order valence-corrected chi connectivity index (χ1v) is 6.78. The quantitative estimate of drug-likeness (QED) is 0.796. The molecule has 0 saturated carbocycles. The van der Waals surface area contributed by atoms with Gasteiger partial charge in [-0.2, -0.15) is 0 Å². The maximum absolute atomic E-state index is 3.65. The van der Waals surface area contributed by atoms with Crippen LogP contribution < -0.4 is 5.32 Å². The molecule has 1 N–H and O–H groups in total. The zero-order valence-corrected chi connectivity index (χ0v) is 12.0. The summed E-state index contributed by atoms with van der Waals surface area (Å²) in [6.07, 6.45) is 1.30. The van der Waals surface area contributed by atoms with Gasteiger partial charge in [-0.3, -0.25) is 4.90 Å². The molecule has 1 heterocycles. The summed E-state index contributed by atoms with van der Waals surface area (Å²) in [5.41, 5.74) is 0.389. The third-order valence-electron chi connectivity index (χ3n) is 3.84. The first-order chi connectivity index (χ1) is 7.30. The molecule has 2 heteroatoms. The molecule has 1 fully saturated rings. The molecule has 1 saturated heterocycles. The highest BCUT2D eigenvalue weighted by Crippen LogP contribution is 2.25. The van der Waals surface area contributed by atoms with Crippen molar-refractivity contribution >= 4 is 0 Å². The zero-order valence-electron chi connectivity index (χ0n) is 12.0. The van der Waals surface area contributed by atoms with Gasteiger partial charge in [0.1, 0.15) is 0 Å². The first-order valence-electron chi connectivity index (χ1n) is 6.78. The van der Waals surface area contributed by atoms with Crippen molar-refractivity contribution in [2.24, 2.45) is 11.3 Å². The molecule has 1 rings (SSSR count). The van der Waals surface area contributed by atoms with Gasteiger partial charge in [0, 0.05) is 31.7 Å². The number of hydrogen-bond acceptors (Lipinski definition) is 2. The monoisotopic (exact) mass is 226 g/mol. The lowest BCUT2D eigenvalue weighted by Crippen LogP contribution is -2.56. The van der Waals surface area contributed by atoms with Crippen LogP contribution in [0.1, 0.15) is 48.0 Å². The average Bonchev–Trinajstić information content (AvgIpc) is 2.14. The molecule has 2 unspecified atom stereocenters. The van der Waals surface area contributed by atoms with Gasteiger partial charge in [0.05, 0.1) is 0 Å². The molecule has 0 radical (unpaired) electrons. The normalized spacial score (nSPS) is 26.1. The number of rotatable bonds is 3. The lowest BCUT2D eigenvalue weighted by Gasteiger charge is -2.43. The molecule has 0 aromatic carbocycles. The SMILES string of the molecule is CC(C)CC1CN(C(C)C(C)(C)C)CCN1. The fourth-order valence-corrected chi connectivity index (χ4v) is 2.48. The third-order valence-corrected chi connectivity index (χ3v) is 3.84. The minimum atomic E-state index is 0.389. The Kier molecular flexibility index (Phi) is 4.81. The second-order valence-corrected chi connectivity index (χ2v) is 6.82. The fourth-order valence-electron chi connectivity index (χ4n) is 2.48. The molecule has 2 atom stereocenters. The Morgan fingerprint density at radius 1 is 1.25 bits per heavy atom. The van der Waals surface area contributed by atoms with Crippen molar-refractivity contribution in [1.29, 1.82) is 0 Å². The highest BCUT2D eigenvalue weighted by Gasteiger charge is 2.29. The van der Waals surface area contributed by atoms with Gasteiger partial charge in [-0.05, 0) is 24.7 Å². The van der Waals surface area contributed by atoms with Gasteiger partial charge in [-0.15, -0.1) is 0 Å². The predicted molar refractivity (Wildman–Crippen MR) is 71.7 cm³/mol. The van der Waals surface area contributed by atoms with Gasteiger partial charge in [0.25, 0.3) is 0 Å². The van der Waals surface area contributed by atoms with Crippen molar-refractivity contribution in [2.75, 3.05) is 19.6 Å². The van der Waals surface area contributed by atoms with Crippen molar-refractivity contribution in [2.45, 2.75) is 60.0 Å². The number of nitrogens with one attached hydrogen (secondary N) is 1. The van der Waals surface area contributed by atoms with Crippen molar-refractivity contribution < 1.29 is 0 Å². The van der Waals surface area contributed by atoms with Crippen LogP contribution in [-0.4, -0.2) is 36.6 Å². The van der Waals surface area contributed by atoms with E-state index in [-0.39, 0.29) is 0 Å². The molecule has 0 amide bonds. The van der Waals surface area contributed by atoms with E-state index in [4.69, 9.17) is 0 Å². The Labute approximate surface area is 102 Å². The molecule has 96 valence electrons. The number of hydrogen-bond donors (Lipinski definition) is 1. The van der Waals surface area contributed by atoms with Crippen LogP contribution >= 0.6 is 0 Å². The summed E-state index contributed by atoms with van der Waals surface area (Å²) in [5, 5.41) is 3.65. The maximum Gasteiger partial charge on any atom is 0.0198 e. The summed E-state index contributed by atoms with van der Waals surface area (Å²) in [6, 6.07) is 1.36. The van der Waals surface area contributed by atoms with E-state index in [0.29, 0.717) is 17.5 Å². The van der Waals surface area contributed by atoms with Gasteiger partial charge in [0.2, 0.25) is 0 Å². The summed E-state index contributed by atoms with van der Waals surface area (Å²) in [4.78, 5) is 2.66. The summed E-state index contributed by atoms with van der Waals surface area (Å²) < 4.78 is 0. The summed E-state index contributed by atoms with van der Waals surface area (Å²) in [6.45, 7) is 17.6. The highest BCUT2D eigenvalue weighted by molar-refractivity contribution is 4.86. The Hall–Kier alpha value is -0.0800. The summed E-state index contributed by atoms with van der Waals surface area (Å²) in [5.74, 6) is 0.794. The van der Waals surface area contributed by atoms with E-state index in [2.05, 4.69) is 51.8 Å². The van der Waals surface area contributed by atoms with Crippen LogP contribution in [0.25, 0.3) is 0 Å². The molecule has 0 bridgehead atoms. The first kappa shape index (κ1) is 14.0. The van der Waals surface area contributed by atoms with E-state index >= 15 is 0 Å². The zero-order chi connectivity index (χ0) is 12.3. The van der Waals surface area contributed by atoms with Gasteiger partial charge in [-0.25, -0.2) is 0 Å². The molecular formula is C14H30N2. The van der Waals surface area contributed by atoms with Crippen molar-refractivity contribution in [3.63, 3.8) is 0 Å². The van der Waals surface area contributed by atoms with E-state index in [1.165, 1.54) is 19.5 Å². The lowest BCUT2D eigenvalue weighted by molar-refractivity contribution is 0.0775. The Balaban J connectivity index is 2.50. The van der Waals surface area contributed by atoms with Gasteiger partial charge < -0.3 is 5.32 Å². The Morgan fingerprint density at radius 2 is 1.88 bits per heavy atom. The van der Waals surface area contributed by atoms with Crippen LogP contribution in [0.15, 0.2) is 0 Å². The topological polar surface area (TPSA) is 15.3 Å². The second kappa shape index (κ2) is 5.50. The average molecular weight is 226 g/mol. The molecular weight excluding hydrogens is 196 g/mol. The predicted octanol–water partition coefficient (Wildman–Crippen LogP) is 2.74. The van der Waals surface area contributed by atoms with Crippen molar-refractivity contribution in [3.05, 3.63) is 0 Å². The fraction of sp³-hybridized carbons (Fsp3) is 1.00. The Bertz CT molecular complexity index is 205. The van der Waals surface area contributed by atoms with Crippen LogP contribution in [0.5, 0.6) is 0 Å². The van der Waals surface area contributed by atoms with Crippen molar-refractivity contribution in [3.8, 4) is 0 Å². The van der Waals surface area contributed by atoms with Crippen molar-refractivity contribution in [1.82, 2.24) is 10.2 Å². The smallest absolute Gasteiger partial charge is 0.0198 e. The molecule has 1 aliphatic heterocycles. The number of piperazine rings is 1. The molecule has 16 heavy (non-hydrogen) atoms. The molecule has 0 spiro atoms. The minimum absolute atomic E-state index is 0.389. The van der Waals surface area contributed by atoms with E-state index < -0.39 is 0 Å². The van der Waals surface area contributed by atoms with Crippen LogP contribution in [0, 0.1) is 11.3 Å². The molecule has 0 aromatic heterocycles. The van der Waals surface area contributed by atoms with E-state index in [1.807, 2.05) is 0 Å².